The van der Waals surface area contributed by atoms with Crippen molar-refractivity contribution in [2.24, 2.45) is 13.0 Å². The summed E-state index contributed by atoms with van der Waals surface area (Å²) in [6.45, 7) is 16.1. The lowest BCUT2D eigenvalue weighted by atomic mass is 9.99. The van der Waals surface area contributed by atoms with Crippen LogP contribution in [0.15, 0.2) is 11.0 Å². The van der Waals surface area contributed by atoms with Crippen molar-refractivity contribution in [1.29, 1.82) is 0 Å². The number of ether oxygens (including phenoxy) is 2. The van der Waals surface area contributed by atoms with Crippen LogP contribution in [-0.4, -0.2) is 50.2 Å². The van der Waals surface area contributed by atoms with Crippen LogP contribution in [0.25, 0.3) is 0 Å². The molecule has 3 atom stereocenters. The Labute approximate surface area is 198 Å². The van der Waals surface area contributed by atoms with E-state index < -0.39 is 23.9 Å². The standard InChI is InChI=1S/C19H33N2O4Si.CHF3O3S/c1-12(2)19(4,5)26(7,8)23-11-15-14-9-16(24-15)21-10-13(3)17(22)20(6)18(21)25-14;2-1(3,4)8(5,6)7/h10,12,14-16H,9,11H2,1-8H3;(H,5,6,7)/q+1;/p-1/t14-,15-,16-;/m1./s1. The second kappa shape index (κ2) is 9.52. The third-order valence-electron chi connectivity index (χ3n) is 7.12. The second-order valence-corrected chi connectivity index (χ2v) is 16.0. The maximum Gasteiger partial charge on any atom is 0.485 e. The van der Waals surface area contributed by atoms with E-state index in [1.54, 1.807) is 11.6 Å². The first-order valence-corrected chi connectivity index (χ1v) is 15.1. The topological polar surface area (TPSA) is 111 Å². The van der Waals surface area contributed by atoms with E-state index in [1.807, 2.05) is 17.7 Å². The van der Waals surface area contributed by atoms with Gasteiger partial charge in [0.2, 0.25) is 6.23 Å². The normalized spacial score (nSPS) is 22.7. The Morgan fingerprint density at radius 2 is 1.85 bits per heavy atom. The Balaban J connectivity index is 0.000000440. The number of halogens is 3. The molecule has 3 heterocycles. The van der Waals surface area contributed by atoms with Crippen LogP contribution < -0.4 is 14.9 Å². The van der Waals surface area contributed by atoms with Crippen LogP contribution in [0.3, 0.4) is 0 Å². The number of aromatic nitrogens is 2. The summed E-state index contributed by atoms with van der Waals surface area (Å²) in [6.07, 6.45) is 2.36. The molecular weight excluding hydrogens is 497 g/mol. The molecule has 9 nitrogen and oxygen atoms in total. The third-order valence-corrected chi connectivity index (χ3v) is 12.3. The summed E-state index contributed by atoms with van der Waals surface area (Å²) < 4.78 is 81.3. The van der Waals surface area contributed by atoms with Gasteiger partial charge in [0.05, 0.1) is 25.6 Å². The molecule has 0 spiro atoms. The van der Waals surface area contributed by atoms with Crippen molar-refractivity contribution in [3.05, 3.63) is 22.1 Å². The van der Waals surface area contributed by atoms with Crippen molar-refractivity contribution in [2.75, 3.05) is 6.61 Å². The minimum atomic E-state index is -6.09. The first-order chi connectivity index (χ1) is 15.2. The first-order valence-electron chi connectivity index (χ1n) is 10.8. The smallest absolute Gasteiger partial charge is 0.485 e. The van der Waals surface area contributed by atoms with E-state index in [0.29, 0.717) is 24.1 Å². The maximum atomic E-state index is 12.2. The number of alkyl halides is 3. The average Bonchev–Trinajstić information content (AvgIpc) is 3.01. The van der Waals surface area contributed by atoms with Crippen molar-refractivity contribution in [1.82, 2.24) is 4.57 Å². The first kappa shape index (κ1) is 28.8. The van der Waals surface area contributed by atoms with E-state index in [2.05, 4.69) is 40.8 Å². The summed E-state index contributed by atoms with van der Waals surface area (Å²) in [7, 11) is -6.25. The highest BCUT2D eigenvalue weighted by molar-refractivity contribution is 7.86. The molecule has 1 saturated heterocycles. The third kappa shape index (κ3) is 5.66. The molecule has 1 aromatic rings. The number of hydrogen-bond donors (Lipinski definition) is 0. The molecular formula is C20H33F3N2O7SSi. The fourth-order valence-electron chi connectivity index (χ4n) is 3.64. The summed E-state index contributed by atoms with van der Waals surface area (Å²) in [5, 5.41) is 0.167. The van der Waals surface area contributed by atoms with Crippen LogP contribution in [0.4, 0.5) is 13.2 Å². The van der Waals surface area contributed by atoms with E-state index in [0.717, 1.165) is 6.42 Å². The fourth-order valence-corrected chi connectivity index (χ4v) is 5.99. The molecule has 2 bridgehead atoms. The molecule has 0 amide bonds. The van der Waals surface area contributed by atoms with Gasteiger partial charge in [-0.25, -0.2) is 13.2 Å². The summed E-state index contributed by atoms with van der Waals surface area (Å²) >= 11 is 0. The van der Waals surface area contributed by atoms with Crippen LogP contribution in [0.1, 0.15) is 45.9 Å². The molecule has 0 aliphatic carbocycles. The minimum Gasteiger partial charge on any atom is -0.741 e. The number of nitrogens with zero attached hydrogens (tertiary/aromatic N) is 2. The molecule has 0 N–H and O–H groups in total. The van der Waals surface area contributed by atoms with Crippen molar-refractivity contribution >= 4 is 18.4 Å². The monoisotopic (exact) mass is 530 g/mol. The van der Waals surface area contributed by atoms with Gasteiger partial charge in [-0.05, 0) is 31.0 Å². The van der Waals surface area contributed by atoms with Gasteiger partial charge in [0.1, 0.15) is 18.4 Å². The van der Waals surface area contributed by atoms with Crippen molar-refractivity contribution in [2.45, 2.75) is 83.1 Å². The van der Waals surface area contributed by atoms with Gasteiger partial charge in [0, 0.05) is 0 Å². The summed E-state index contributed by atoms with van der Waals surface area (Å²) in [5.41, 5.74) is -4.99. The van der Waals surface area contributed by atoms with Crippen LogP contribution in [0.2, 0.25) is 18.1 Å². The Hall–Kier alpha value is -1.48. The molecule has 14 heteroatoms. The molecule has 0 radical (unpaired) electrons. The summed E-state index contributed by atoms with van der Waals surface area (Å²) in [5.74, 6) is 0.557. The van der Waals surface area contributed by atoms with E-state index in [1.165, 1.54) is 0 Å². The van der Waals surface area contributed by atoms with Gasteiger partial charge in [-0.3, -0.25) is 0 Å². The molecule has 3 rings (SSSR count). The zero-order valence-electron chi connectivity index (χ0n) is 20.6. The minimum absolute atomic E-state index is 0.0300. The van der Waals surface area contributed by atoms with E-state index in [-0.39, 0.29) is 29.0 Å². The van der Waals surface area contributed by atoms with Crippen LogP contribution in [0.5, 0.6) is 6.01 Å². The quantitative estimate of drug-likeness (QED) is 0.249. The summed E-state index contributed by atoms with van der Waals surface area (Å²) in [4.78, 5) is 12.2. The highest BCUT2D eigenvalue weighted by atomic mass is 32.2. The molecule has 1 fully saturated rings. The highest BCUT2D eigenvalue weighted by Gasteiger charge is 2.50. The number of rotatable bonds is 5. The Morgan fingerprint density at radius 3 is 2.32 bits per heavy atom. The lowest BCUT2D eigenvalue weighted by Gasteiger charge is -2.43. The Kier molecular flexibility index (Phi) is 8.05. The van der Waals surface area contributed by atoms with Crippen molar-refractivity contribution in [3.8, 4) is 6.01 Å². The second-order valence-electron chi connectivity index (χ2n) is 9.98. The molecule has 2 aliphatic heterocycles. The van der Waals surface area contributed by atoms with Gasteiger partial charge < -0.3 is 18.5 Å². The Bertz CT molecular complexity index is 1070. The molecule has 34 heavy (non-hydrogen) atoms. The molecule has 1 aromatic heterocycles. The van der Waals surface area contributed by atoms with Gasteiger partial charge in [-0.1, -0.05) is 27.7 Å². The highest BCUT2D eigenvalue weighted by Crippen LogP contribution is 2.45. The molecule has 0 unspecified atom stereocenters. The molecule has 0 aromatic carbocycles. The zero-order valence-corrected chi connectivity index (χ0v) is 22.4. The fraction of sp³-hybridized carbons (Fsp3) is 0.800. The zero-order chi connectivity index (χ0) is 26.4. The maximum absolute atomic E-state index is 12.2. The largest absolute Gasteiger partial charge is 0.741 e. The lowest BCUT2D eigenvalue weighted by Crippen LogP contribution is -2.50. The molecule has 196 valence electrons. The van der Waals surface area contributed by atoms with Gasteiger partial charge in [-0.2, -0.15) is 22.3 Å². The molecule has 2 aliphatic rings. The van der Waals surface area contributed by atoms with E-state index in [4.69, 9.17) is 26.9 Å². The predicted octanol–water partition coefficient (Wildman–Crippen LogP) is 2.74. The van der Waals surface area contributed by atoms with Crippen LogP contribution in [0, 0.1) is 12.8 Å². The predicted molar refractivity (Wildman–Crippen MR) is 118 cm³/mol. The van der Waals surface area contributed by atoms with E-state index in [9.17, 15) is 18.0 Å². The van der Waals surface area contributed by atoms with Gasteiger partial charge >= 0.3 is 17.1 Å². The van der Waals surface area contributed by atoms with Crippen LogP contribution >= 0.6 is 0 Å². The van der Waals surface area contributed by atoms with E-state index >= 15 is 0 Å². The summed E-state index contributed by atoms with van der Waals surface area (Å²) in [6, 6.07) is 0.573. The van der Waals surface area contributed by atoms with Crippen molar-refractivity contribution < 1.29 is 44.6 Å². The van der Waals surface area contributed by atoms with Gasteiger partial charge in [0.25, 0.3) is 0 Å². The van der Waals surface area contributed by atoms with Gasteiger partial charge in [-0.15, -0.1) is 0 Å². The molecule has 0 saturated carbocycles. The lowest BCUT2D eigenvalue weighted by molar-refractivity contribution is -0.770. The average molecular weight is 531 g/mol. The van der Waals surface area contributed by atoms with Crippen molar-refractivity contribution in [3.63, 3.8) is 0 Å². The number of hydrogen-bond acceptors (Lipinski definition) is 7. The van der Waals surface area contributed by atoms with Crippen LogP contribution in [-0.2, 0) is 26.3 Å². The Morgan fingerprint density at radius 1 is 1.32 bits per heavy atom. The number of aryl methyl sites for hydroxylation is 1. The SMILES string of the molecule is Cc1c[n+]2c(n(C)c1=O)O[C@@H]1C[C@H]2O[C@@H]1CO[Si](C)(C)C(C)(C)C(C)C.O=S(=O)([O-])C(F)(F)F. The number of fused-ring (bicyclic) bond motifs is 4. The van der Waals surface area contributed by atoms with Gasteiger partial charge in [0.15, 0.2) is 18.4 Å².